The summed E-state index contributed by atoms with van der Waals surface area (Å²) < 4.78 is 10.5. The monoisotopic (exact) mass is 364 g/mol. The highest BCUT2D eigenvalue weighted by atomic mass is 32.1. The van der Waals surface area contributed by atoms with E-state index in [0.29, 0.717) is 29.2 Å². The van der Waals surface area contributed by atoms with Gasteiger partial charge in [-0.15, -0.1) is 11.3 Å². The number of thiophene rings is 1. The number of hydrogen-bond donors (Lipinski definition) is 2. The Bertz CT molecular complexity index is 777. The largest absolute Gasteiger partial charge is 0.480 e. The number of methoxy groups -OCH3 is 2. The molecule has 0 saturated carbocycles. The third-order valence-electron chi connectivity index (χ3n) is 4.44. The van der Waals surface area contributed by atoms with Crippen LogP contribution in [-0.4, -0.2) is 48.7 Å². The van der Waals surface area contributed by atoms with Gasteiger partial charge < -0.3 is 20.1 Å². The average Bonchev–Trinajstić information content (AvgIpc) is 2.91. The molecule has 0 radical (unpaired) electrons. The minimum Gasteiger partial charge on any atom is -0.480 e. The third-order valence-corrected chi connectivity index (χ3v) is 5.62. The SMILES string of the molecule is COCc1nc(OC)c2c(C)c(C(=O)NC3CCNC(C)C3)sc2n1. The minimum absolute atomic E-state index is 0.0463. The van der Waals surface area contributed by atoms with Gasteiger partial charge in [-0.25, -0.2) is 4.98 Å². The molecule has 25 heavy (non-hydrogen) atoms. The number of rotatable bonds is 5. The van der Waals surface area contributed by atoms with Gasteiger partial charge >= 0.3 is 0 Å². The van der Waals surface area contributed by atoms with Crippen LogP contribution in [0, 0.1) is 6.92 Å². The predicted molar refractivity (Wildman–Crippen MR) is 97.4 cm³/mol. The molecule has 136 valence electrons. The zero-order chi connectivity index (χ0) is 18.0. The molecule has 2 N–H and O–H groups in total. The molecule has 2 atom stereocenters. The predicted octanol–water partition coefficient (Wildman–Crippen LogP) is 2.03. The van der Waals surface area contributed by atoms with Crippen molar-refractivity contribution in [1.82, 2.24) is 20.6 Å². The van der Waals surface area contributed by atoms with Crippen LogP contribution in [0.4, 0.5) is 0 Å². The molecule has 7 nitrogen and oxygen atoms in total. The summed E-state index contributed by atoms with van der Waals surface area (Å²) in [5.74, 6) is 0.988. The quantitative estimate of drug-likeness (QED) is 0.844. The number of nitrogens with zero attached hydrogens (tertiary/aromatic N) is 2. The second-order valence-corrected chi connectivity index (χ2v) is 7.37. The maximum absolute atomic E-state index is 12.8. The maximum atomic E-state index is 12.8. The first-order valence-electron chi connectivity index (χ1n) is 8.40. The van der Waals surface area contributed by atoms with Crippen molar-refractivity contribution in [2.24, 2.45) is 0 Å². The number of fused-ring (bicyclic) bond motifs is 1. The first-order chi connectivity index (χ1) is 12.0. The van der Waals surface area contributed by atoms with Gasteiger partial charge in [-0.2, -0.15) is 4.98 Å². The summed E-state index contributed by atoms with van der Waals surface area (Å²) in [5, 5.41) is 7.36. The van der Waals surface area contributed by atoms with E-state index in [9.17, 15) is 4.79 Å². The highest BCUT2D eigenvalue weighted by molar-refractivity contribution is 7.20. The number of carbonyl (C=O) groups excluding carboxylic acids is 1. The van der Waals surface area contributed by atoms with Gasteiger partial charge in [-0.1, -0.05) is 0 Å². The van der Waals surface area contributed by atoms with E-state index in [2.05, 4.69) is 27.5 Å². The molecule has 3 heterocycles. The van der Waals surface area contributed by atoms with Crippen molar-refractivity contribution in [2.75, 3.05) is 20.8 Å². The Balaban J connectivity index is 1.90. The summed E-state index contributed by atoms with van der Waals surface area (Å²) in [4.78, 5) is 23.1. The van der Waals surface area contributed by atoms with Gasteiger partial charge in [0.25, 0.3) is 5.91 Å². The van der Waals surface area contributed by atoms with Crippen molar-refractivity contribution >= 4 is 27.5 Å². The average molecular weight is 364 g/mol. The van der Waals surface area contributed by atoms with E-state index in [4.69, 9.17) is 9.47 Å². The number of aromatic nitrogens is 2. The molecule has 0 bridgehead atoms. The summed E-state index contributed by atoms with van der Waals surface area (Å²) in [6, 6.07) is 0.621. The summed E-state index contributed by atoms with van der Waals surface area (Å²) in [7, 11) is 3.17. The molecular weight excluding hydrogens is 340 g/mol. The summed E-state index contributed by atoms with van der Waals surface area (Å²) in [6.07, 6.45) is 1.89. The van der Waals surface area contributed by atoms with Crippen LogP contribution in [0.25, 0.3) is 10.2 Å². The van der Waals surface area contributed by atoms with E-state index in [1.54, 1.807) is 14.2 Å². The topological polar surface area (TPSA) is 85.4 Å². The highest BCUT2D eigenvalue weighted by Crippen LogP contribution is 2.35. The van der Waals surface area contributed by atoms with Crippen LogP contribution in [0.3, 0.4) is 0 Å². The zero-order valence-corrected chi connectivity index (χ0v) is 15.8. The van der Waals surface area contributed by atoms with Crippen molar-refractivity contribution in [1.29, 1.82) is 0 Å². The molecule has 1 amide bonds. The van der Waals surface area contributed by atoms with Crippen molar-refractivity contribution in [2.45, 2.75) is 45.4 Å². The number of hydrogen-bond acceptors (Lipinski definition) is 7. The Kier molecular flexibility index (Phi) is 5.51. The number of nitrogens with one attached hydrogen (secondary N) is 2. The number of aryl methyl sites for hydroxylation is 1. The standard InChI is InChI=1S/C17H24N4O3S/c1-9-7-11(5-6-18-9)19-15(22)14-10(2)13-16(24-4)20-12(8-23-3)21-17(13)25-14/h9,11,18H,5-8H2,1-4H3,(H,19,22). The Hall–Kier alpha value is -1.77. The fourth-order valence-corrected chi connectivity index (χ4v) is 4.31. The van der Waals surface area contributed by atoms with Crippen LogP contribution < -0.4 is 15.4 Å². The van der Waals surface area contributed by atoms with E-state index in [0.717, 1.165) is 35.2 Å². The summed E-state index contributed by atoms with van der Waals surface area (Å²) in [5.41, 5.74) is 0.861. The molecule has 8 heteroatoms. The van der Waals surface area contributed by atoms with Gasteiger partial charge in [-0.05, 0) is 38.8 Å². The lowest BCUT2D eigenvalue weighted by atomic mass is 10.0. The normalized spacial score (nSPS) is 20.6. The van der Waals surface area contributed by atoms with E-state index in [1.165, 1.54) is 11.3 Å². The molecule has 2 unspecified atom stereocenters. The summed E-state index contributed by atoms with van der Waals surface area (Å²) >= 11 is 1.38. The molecule has 1 fully saturated rings. The number of amides is 1. The Morgan fingerprint density at radius 2 is 2.20 bits per heavy atom. The lowest BCUT2D eigenvalue weighted by Gasteiger charge is -2.28. The lowest BCUT2D eigenvalue weighted by molar-refractivity contribution is 0.0929. The molecule has 1 saturated heterocycles. The Morgan fingerprint density at radius 1 is 1.40 bits per heavy atom. The lowest BCUT2D eigenvalue weighted by Crippen LogP contribution is -2.46. The van der Waals surface area contributed by atoms with Crippen molar-refractivity contribution in [3.05, 3.63) is 16.3 Å². The second-order valence-electron chi connectivity index (χ2n) is 6.37. The Labute approximate surface area is 151 Å². The van der Waals surface area contributed by atoms with Crippen LogP contribution in [0.5, 0.6) is 5.88 Å². The first kappa shape index (κ1) is 18.0. The smallest absolute Gasteiger partial charge is 0.261 e. The van der Waals surface area contributed by atoms with E-state index < -0.39 is 0 Å². The third kappa shape index (κ3) is 3.75. The summed E-state index contributed by atoms with van der Waals surface area (Å²) in [6.45, 7) is 5.29. The number of ether oxygens (including phenoxy) is 2. The Morgan fingerprint density at radius 3 is 2.88 bits per heavy atom. The van der Waals surface area contributed by atoms with Crippen LogP contribution in [-0.2, 0) is 11.3 Å². The van der Waals surface area contributed by atoms with Gasteiger partial charge in [0.1, 0.15) is 11.4 Å². The first-order valence-corrected chi connectivity index (χ1v) is 9.22. The van der Waals surface area contributed by atoms with Gasteiger partial charge in [0.2, 0.25) is 5.88 Å². The van der Waals surface area contributed by atoms with Gasteiger partial charge in [0.05, 0.1) is 17.4 Å². The van der Waals surface area contributed by atoms with Crippen LogP contribution >= 0.6 is 11.3 Å². The molecule has 0 aliphatic carbocycles. The van der Waals surface area contributed by atoms with Gasteiger partial charge in [-0.3, -0.25) is 4.79 Å². The zero-order valence-electron chi connectivity index (χ0n) is 15.0. The molecule has 2 aromatic heterocycles. The van der Waals surface area contributed by atoms with E-state index in [1.807, 2.05) is 6.92 Å². The van der Waals surface area contributed by atoms with Crippen molar-refractivity contribution in [3.63, 3.8) is 0 Å². The maximum Gasteiger partial charge on any atom is 0.261 e. The highest BCUT2D eigenvalue weighted by Gasteiger charge is 2.25. The molecule has 0 aromatic carbocycles. The van der Waals surface area contributed by atoms with Crippen molar-refractivity contribution in [3.8, 4) is 5.88 Å². The van der Waals surface area contributed by atoms with E-state index in [-0.39, 0.29) is 11.9 Å². The molecule has 3 rings (SSSR count). The van der Waals surface area contributed by atoms with Gasteiger partial charge in [0, 0.05) is 19.2 Å². The van der Waals surface area contributed by atoms with Crippen molar-refractivity contribution < 1.29 is 14.3 Å². The second kappa shape index (κ2) is 7.63. The number of carbonyl (C=O) groups is 1. The molecular formula is C17H24N4O3S. The fourth-order valence-electron chi connectivity index (χ4n) is 3.22. The molecule has 2 aromatic rings. The van der Waals surface area contributed by atoms with E-state index >= 15 is 0 Å². The fraction of sp³-hybridized carbons (Fsp3) is 0.588. The van der Waals surface area contributed by atoms with Crippen LogP contribution in [0.1, 0.15) is 40.8 Å². The number of piperidine rings is 1. The van der Waals surface area contributed by atoms with Crippen LogP contribution in [0.2, 0.25) is 0 Å². The minimum atomic E-state index is -0.0463. The molecule has 0 spiro atoms. The van der Waals surface area contributed by atoms with Crippen LogP contribution in [0.15, 0.2) is 0 Å². The molecule has 1 aliphatic rings. The molecule has 1 aliphatic heterocycles. The van der Waals surface area contributed by atoms with Gasteiger partial charge in [0.15, 0.2) is 5.82 Å².